The first-order valence-electron chi connectivity index (χ1n) is 7.19. The Labute approximate surface area is 139 Å². The van der Waals surface area contributed by atoms with Crippen molar-refractivity contribution in [2.24, 2.45) is 4.99 Å². The van der Waals surface area contributed by atoms with Crippen LogP contribution < -0.4 is 10.6 Å². The fourth-order valence-electron chi connectivity index (χ4n) is 1.73. The highest BCUT2D eigenvalue weighted by molar-refractivity contribution is 7.11. The van der Waals surface area contributed by atoms with E-state index in [2.05, 4.69) is 51.6 Å². The van der Waals surface area contributed by atoms with Gasteiger partial charge in [0.05, 0.1) is 18.8 Å². The minimum absolute atomic E-state index is 0.417. The van der Waals surface area contributed by atoms with Gasteiger partial charge in [0.15, 0.2) is 5.96 Å². The average Bonchev–Trinajstić information content (AvgIpc) is 3.07. The summed E-state index contributed by atoms with van der Waals surface area (Å²) in [4.78, 5) is 9.99. The van der Waals surface area contributed by atoms with E-state index in [-0.39, 0.29) is 0 Å². The second-order valence-electron chi connectivity index (χ2n) is 5.22. The van der Waals surface area contributed by atoms with E-state index in [4.69, 9.17) is 0 Å². The van der Waals surface area contributed by atoms with Crippen molar-refractivity contribution in [2.75, 3.05) is 7.05 Å². The third-order valence-electron chi connectivity index (χ3n) is 3.09. The third-order valence-corrected chi connectivity index (χ3v) is 5.38. The van der Waals surface area contributed by atoms with Gasteiger partial charge in [-0.05, 0) is 13.8 Å². The quantitative estimate of drug-likeness (QED) is 0.647. The van der Waals surface area contributed by atoms with Crippen molar-refractivity contribution in [3.8, 4) is 0 Å². The first-order chi connectivity index (χ1) is 10.5. The van der Waals surface area contributed by atoms with Crippen molar-refractivity contribution in [1.82, 2.24) is 25.8 Å². The molecule has 0 unspecified atom stereocenters. The maximum atomic E-state index is 4.51. The molecule has 0 aliphatic rings. The molecule has 0 aromatic carbocycles. The van der Waals surface area contributed by atoms with Crippen molar-refractivity contribution < 1.29 is 0 Å². The number of aryl methyl sites for hydroxylation is 2. The summed E-state index contributed by atoms with van der Waals surface area (Å²) < 4.78 is 0. The molecule has 0 spiro atoms. The molecule has 2 N–H and O–H groups in total. The van der Waals surface area contributed by atoms with E-state index < -0.39 is 0 Å². The molecule has 0 saturated heterocycles. The predicted octanol–water partition coefficient (Wildman–Crippen LogP) is 2.60. The SMILES string of the molecule is CN=C(NCc1nnc(C(C)C)s1)NCc1nc(C)c(C)s1. The molecule has 0 fully saturated rings. The van der Waals surface area contributed by atoms with Crippen LogP contribution in [0.15, 0.2) is 4.99 Å². The summed E-state index contributed by atoms with van der Waals surface area (Å²) in [6, 6.07) is 0. The molecule has 8 heteroatoms. The Balaban J connectivity index is 1.84. The van der Waals surface area contributed by atoms with Gasteiger partial charge in [0.2, 0.25) is 0 Å². The van der Waals surface area contributed by atoms with E-state index in [1.165, 1.54) is 4.88 Å². The second-order valence-corrected chi connectivity index (χ2v) is 7.60. The zero-order chi connectivity index (χ0) is 16.1. The highest BCUT2D eigenvalue weighted by atomic mass is 32.1. The van der Waals surface area contributed by atoms with Crippen LogP contribution in [0.3, 0.4) is 0 Å². The van der Waals surface area contributed by atoms with E-state index >= 15 is 0 Å². The van der Waals surface area contributed by atoms with Gasteiger partial charge < -0.3 is 10.6 Å². The summed E-state index contributed by atoms with van der Waals surface area (Å²) in [6.45, 7) is 9.66. The topological polar surface area (TPSA) is 75.1 Å². The zero-order valence-electron chi connectivity index (χ0n) is 13.6. The lowest BCUT2D eigenvalue weighted by atomic mass is 10.2. The number of nitrogens with zero attached hydrogens (tertiary/aromatic N) is 4. The number of aliphatic imine (C=N–C) groups is 1. The van der Waals surface area contributed by atoms with Gasteiger partial charge in [0.1, 0.15) is 15.0 Å². The van der Waals surface area contributed by atoms with Crippen LogP contribution in [0.4, 0.5) is 0 Å². The molecule has 2 aromatic heterocycles. The lowest BCUT2D eigenvalue weighted by Crippen LogP contribution is -2.36. The maximum absolute atomic E-state index is 4.51. The van der Waals surface area contributed by atoms with Crippen LogP contribution >= 0.6 is 22.7 Å². The molecule has 2 aromatic rings. The van der Waals surface area contributed by atoms with Crippen molar-refractivity contribution >= 4 is 28.6 Å². The largest absolute Gasteiger partial charge is 0.350 e. The molecule has 2 heterocycles. The van der Waals surface area contributed by atoms with Gasteiger partial charge in [-0.15, -0.1) is 21.5 Å². The fourth-order valence-corrected chi connectivity index (χ4v) is 3.38. The summed E-state index contributed by atoms with van der Waals surface area (Å²) in [5.41, 5.74) is 1.10. The van der Waals surface area contributed by atoms with Gasteiger partial charge >= 0.3 is 0 Å². The second kappa shape index (κ2) is 7.64. The molecule has 22 heavy (non-hydrogen) atoms. The van der Waals surface area contributed by atoms with Crippen LogP contribution in [-0.2, 0) is 13.1 Å². The number of aromatic nitrogens is 3. The van der Waals surface area contributed by atoms with Crippen LogP contribution in [-0.4, -0.2) is 28.2 Å². The molecule has 120 valence electrons. The Morgan fingerprint density at radius 1 is 1.09 bits per heavy atom. The third kappa shape index (κ3) is 4.48. The van der Waals surface area contributed by atoms with Gasteiger partial charge in [0, 0.05) is 17.8 Å². The lowest BCUT2D eigenvalue weighted by Gasteiger charge is -2.09. The standard InChI is InChI=1S/C14H22N6S2/c1-8(2)13-20-19-12(22-13)7-17-14(15-5)16-6-11-18-9(3)10(4)21-11/h8H,6-7H2,1-5H3,(H2,15,16,17). The summed E-state index contributed by atoms with van der Waals surface area (Å²) in [7, 11) is 1.76. The zero-order valence-corrected chi connectivity index (χ0v) is 15.2. The van der Waals surface area contributed by atoms with E-state index in [1.807, 2.05) is 6.92 Å². The van der Waals surface area contributed by atoms with Crippen molar-refractivity contribution in [3.63, 3.8) is 0 Å². The van der Waals surface area contributed by atoms with Crippen LogP contribution in [0, 0.1) is 13.8 Å². The Kier molecular flexibility index (Phi) is 5.84. The van der Waals surface area contributed by atoms with Crippen molar-refractivity contribution in [2.45, 2.75) is 46.7 Å². The van der Waals surface area contributed by atoms with Crippen LogP contribution in [0.5, 0.6) is 0 Å². The minimum Gasteiger partial charge on any atom is -0.350 e. The van der Waals surface area contributed by atoms with Crippen molar-refractivity contribution in [3.05, 3.63) is 25.6 Å². The predicted molar refractivity (Wildman–Crippen MR) is 92.6 cm³/mol. The number of hydrogen-bond acceptors (Lipinski definition) is 6. The summed E-state index contributed by atoms with van der Waals surface area (Å²) in [5, 5.41) is 18.0. The molecule has 0 saturated carbocycles. The van der Waals surface area contributed by atoms with Gasteiger partial charge in [-0.25, -0.2) is 4.98 Å². The number of hydrogen-bond donors (Lipinski definition) is 2. The van der Waals surface area contributed by atoms with E-state index in [1.54, 1.807) is 29.7 Å². The Hall–Kier alpha value is -1.54. The smallest absolute Gasteiger partial charge is 0.191 e. The molecular formula is C14H22N6S2. The molecule has 0 aliphatic carbocycles. The Morgan fingerprint density at radius 3 is 2.27 bits per heavy atom. The first kappa shape index (κ1) is 16.8. The van der Waals surface area contributed by atoms with Gasteiger partial charge in [-0.3, -0.25) is 4.99 Å². The fraction of sp³-hybridized carbons (Fsp3) is 0.571. The highest BCUT2D eigenvalue weighted by Crippen LogP contribution is 2.18. The van der Waals surface area contributed by atoms with Crippen LogP contribution in [0.25, 0.3) is 0 Å². The van der Waals surface area contributed by atoms with E-state index in [9.17, 15) is 0 Å². The van der Waals surface area contributed by atoms with E-state index in [0.717, 1.165) is 26.7 Å². The molecule has 0 atom stereocenters. The summed E-state index contributed by atoms with van der Waals surface area (Å²) in [6.07, 6.45) is 0. The molecule has 6 nitrogen and oxygen atoms in total. The van der Waals surface area contributed by atoms with E-state index in [0.29, 0.717) is 19.0 Å². The van der Waals surface area contributed by atoms with Crippen LogP contribution in [0.1, 0.15) is 45.4 Å². The van der Waals surface area contributed by atoms with Crippen molar-refractivity contribution in [1.29, 1.82) is 0 Å². The van der Waals surface area contributed by atoms with Gasteiger partial charge in [-0.2, -0.15) is 0 Å². The van der Waals surface area contributed by atoms with Gasteiger partial charge in [-0.1, -0.05) is 25.2 Å². The number of guanidine groups is 1. The number of rotatable bonds is 5. The first-order valence-corrected chi connectivity index (χ1v) is 8.82. The van der Waals surface area contributed by atoms with Gasteiger partial charge in [0.25, 0.3) is 0 Å². The normalized spacial score (nSPS) is 12.0. The molecular weight excluding hydrogens is 316 g/mol. The lowest BCUT2D eigenvalue weighted by molar-refractivity contribution is 0.781. The summed E-state index contributed by atoms with van der Waals surface area (Å²) >= 11 is 3.35. The molecule has 0 amide bonds. The number of thiazole rings is 1. The maximum Gasteiger partial charge on any atom is 0.191 e. The Morgan fingerprint density at radius 2 is 1.77 bits per heavy atom. The molecule has 0 bridgehead atoms. The number of nitrogens with one attached hydrogen (secondary N) is 2. The molecule has 0 radical (unpaired) electrons. The average molecular weight is 339 g/mol. The Bertz CT molecular complexity index is 624. The molecule has 2 rings (SSSR count). The highest BCUT2D eigenvalue weighted by Gasteiger charge is 2.09. The summed E-state index contributed by atoms with van der Waals surface area (Å²) in [5.74, 6) is 1.16. The monoisotopic (exact) mass is 338 g/mol. The minimum atomic E-state index is 0.417. The molecule has 0 aliphatic heterocycles. The van der Waals surface area contributed by atoms with Crippen LogP contribution in [0.2, 0.25) is 0 Å².